The van der Waals surface area contributed by atoms with Gasteiger partial charge in [0.05, 0.1) is 0 Å². The van der Waals surface area contributed by atoms with E-state index in [2.05, 4.69) is 39.2 Å². The molecule has 6 nitrogen and oxygen atoms in total. The SMILES string of the molecule is CC(C)(C)OC(=O)N[C@H](C(=O)O)[C@H](O[Si](C)(C)C(C)(C)C)c1cccc2ccccc12. The first kappa shape index (κ1) is 24.9. The average Bonchev–Trinajstić information content (AvgIpc) is 2.61. The summed E-state index contributed by atoms with van der Waals surface area (Å²) in [6.07, 6.45) is -1.67. The Kier molecular flexibility index (Phi) is 7.23. The molecule has 2 N–H and O–H groups in total. The van der Waals surface area contributed by atoms with Crippen molar-refractivity contribution in [1.29, 1.82) is 0 Å². The van der Waals surface area contributed by atoms with E-state index < -0.39 is 38.1 Å². The smallest absolute Gasteiger partial charge is 0.408 e. The molecule has 0 saturated heterocycles. The highest BCUT2D eigenvalue weighted by Gasteiger charge is 2.44. The molecule has 0 aliphatic carbocycles. The molecule has 0 radical (unpaired) electrons. The quantitative estimate of drug-likeness (QED) is 0.542. The van der Waals surface area contributed by atoms with Crippen LogP contribution in [0, 0.1) is 0 Å². The maximum atomic E-state index is 12.5. The summed E-state index contributed by atoms with van der Waals surface area (Å²) < 4.78 is 12.0. The summed E-state index contributed by atoms with van der Waals surface area (Å²) in [4.78, 5) is 24.8. The number of rotatable bonds is 6. The van der Waals surface area contributed by atoms with Crippen molar-refractivity contribution < 1.29 is 23.9 Å². The van der Waals surface area contributed by atoms with E-state index in [-0.39, 0.29) is 5.04 Å². The van der Waals surface area contributed by atoms with E-state index in [9.17, 15) is 14.7 Å². The third kappa shape index (κ3) is 6.30. The molecule has 2 aromatic rings. The molecule has 2 aromatic carbocycles. The van der Waals surface area contributed by atoms with Crippen LogP contribution in [0.25, 0.3) is 10.8 Å². The van der Waals surface area contributed by atoms with Gasteiger partial charge in [-0.1, -0.05) is 63.2 Å². The van der Waals surface area contributed by atoms with Crippen molar-refractivity contribution in [2.45, 2.75) is 77.4 Å². The Hall–Kier alpha value is -2.38. The lowest BCUT2D eigenvalue weighted by atomic mass is 9.96. The number of hydrogen-bond donors (Lipinski definition) is 2. The zero-order chi connectivity index (χ0) is 23.6. The number of fused-ring (bicyclic) bond motifs is 1. The van der Waals surface area contributed by atoms with Crippen LogP contribution in [0.3, 0.4) is 0 Å². The molecule has 170 valence electrons. The predicted molar refractivity (Wildman–Crippen MR) is 126 cm³/mol. The molecule has 2 atom stereocenters. The molecular formula is C24H35NO5Si. The number of benzene rings is 2. The number of alkyl carbamates (subject to hydrolysis) is 1. The summed E-state index contributed by atoms with van der Waals surface area (Å²) in [7, 11) is -2.40. The minimum Gasteiger partial charge on any atom is -0.480 e. The van der Waals surface area contributed by atoms with Crippen molar-refractivity contribution in [3.63, 3.8) is 0 Å². The third-order valence-corrected chi connectivity index (χ3v) is 10.1. The second-order valence-electron chi connectivity index (χ2n) is 10.3. The van der Waals surface area contributed by atoms with E-state index in [4.69, 9.17) is 9.16 Å². The van der Waals surface area contributed by atoms with Crippen LogP contribution in [0.15, 0.2) is 42.5 Å². The zero-order valence-electron chi connectivity index (χ0n) is 19.8. The van der Waals surface area contributed by atoms with Crippen molar-refractivity contribution in [2.75, 3.05) is 0 Å². The number of carbonyl (C=O) groups is 2. The molecule has 0 aliphatic heterocycles. The Morgan fingerprint density at radius 2 is 1.55 bits per heavy atom. The van der Waals surface area contributed by atoms with Crippen LogP contribution in [-0.4, -0.2) is 37.1 Å². The largest absolute Gasteiger partial charge is 0.480 e. The molecule has 7 heteroatoms. The second kappa shape index (κ2) is 9.00. The monoisotopic (exact) mass is 445 g/mol. The fourth-order valence-electron chi connectivity index (χ4n) is 3.01. The van der Waals surface area contributed by atoms with Crippen molar-refractivity contribution in [3.8, 4) is 0 Å². The van der Waals surface area contributed by atoms with Gasteiger partial charge in [0, 0.05) is 0 Å². The minimum absolute atomic E-state index is 0.148. The highest BCUT2D eigenvalue weighted by atomic mass is 28.4. The first-order valence-corrected chi connectivity index (χ1v) is 13.4. The highest BCUT2D eigenvalue weighted by molar-refractivity contribution is 6.74. The maximum Gasteiger partial charge on any atom is 0.408 e. The number of carbonyl (C=O) groups excluding carboxylic acids is 1. The van der Waals surface area contributed by atoms with E-state index in [1.54, 1.807) is 20.8 Å². The number of hydrogen-bond acceptors (Lipinski definition) is 4. The molecule has 31 heavy (non-hydrogen) atoms. The fraction of sp³-hybridized carbons (Fsp3) is 0.500. The van der Waals surface area contributed by atoms with Gasteiger partial charge in [-0.05, 0) is 55.2 Å². The van der Waals surface area contributed by atoms with Crippen LogP contribution in [0.5, 0.6) is 0 Å². The van der Waals surface area contributed by atoms with Crippen molar-refractivity contribution in [3.05, 3.63) is 48.0 Å². The molecule has 0 bridgehead atoms. The Balaban J connectivity index is 2.59. The summed E-state index contributed by atoms with van der Waals surface area (Å²) in [5.41, 5.74) is -0.0195. The molecule has 2 rings (SSSR count). The average molecular weight is 446 g/mol. The Morgan fingerprint density at radius 3 is 2.10 bits per heavy atom. The Morgan fingerprint density at radius 1 is 0.968 bits per heavy atom. The van der Waals surface area contributed by atoms with Gasteiger partial charge in [-0.25, -0.2) is 9.59 Å². The van der Waals surface area contributed by atoms with Crippen LogP contribution >= 0.6 is 0 Å². The molecule has 1 amide bonds. The fourth-order valence-corrected chi connectivity index (χ4v) is 4.26. The number of carboxylic acids is 1. The summed E-state index contributed by atoms with van der Waals surface area (Å²) in [5, 5.41) is 14.4. The van der Waals surface area contributed by atoms with Crippen LogP contribution in [0.4, 0.5) is 4.79 Å². The number of ether oxygens (including phenoxy) is 1. The molecule has 0 spiro atoms. The standard InChI is InChI=1S/C24H35NO5Si/c1-23(2,3)29-22(28)25-19(21(26)27)20(30-31(7,8)24(4,5)6)18-15-11-13-16-12-9-10-14-17(16)18/h9-15,19-20H,1-8H3,(H,25,28)(H,26,27)/t19-,20+/m0/s1. The van der Waals surface area contributed by atoms with Gasteiger partial charge in [0.2, 0.25) is 0 Å². The summed E-state index contributed by atoms with van der Waals surface area (Å²) in [6, 6.07) is 12.2. The van der Waals surface area contributed by atoms with Gasteiger partial charge >= 0.3 is 12.1 Å². The van der Waals surface area contributed by atoms with E-state index in [0.717, 1.165) is 16.3 Å². The third-order valence-electron chi connectivity index (χ3n) is 5.60. The Bertz CT molecular complexity index is 938. The summed E-state index contributed by atoms with van der Waals surface area (Å²) in [6.45, 7) is 15.6. The van der Waals surface area contributed by atoms with Gasteiger partial charge in [0.25, 0.3) is 0 Å². The van der Waals surface area contributed by atoms with Crippen LogP contribution < -0.4 is 5.32 Å². The number of amides is 1. The van der Waals surface area contributed by atoms with Crippen LogP contribution in [0.1, 0.15) is 53.2 Å². The van der Waals surface area contributed by atoms with Crippen molar-refractivity contribution in [1.82, 2.24) is 5.32 Å². The van der Waals surface area contributed by atoms with Crippen molar-refractivity contribution >= 4 is 31.2 Å². The van der Waals surface area contributed by atoms with E-state index >= 15 is 0 Å². The summed E-state index contributed by atoms with van der Waals surface area (Å²) >= 11 is 0. The first-order chi connectivity index (χ1) is 14.1. The normalized spacial score (nSPS) is 14.7. The van der Waals surface area contributed by atoms with Gasteiger partial charge < -0.3 is 19.6 Å². The lowest BCUT2D eigenvalue weighted by Crippen LogP contribution is -2.51. The predicted octanol–water partition coefficient (Wildman–Crippen LogP) is 5.88. The van der Waals surface area contributed by atoms with Crippen LogP contribution in [-0.2, 0) is 14.0 Å². The van der Waals surface area contributed by atoms with Crippen molar-refractivity contribution in [2.24, 2.45) is 0 Å². The summed E-state index contributed by atoms with van der Waals surface area (Å²) in [5.74, 6) is -1.18. The lowest BCUT2D eigenvalue weighted by Gasteiger charge is -2.41. The highest BCUT2D eigenvalue weighted by Crippen LogP contribution is 2.41. The van der Waals surface area contributed by atoms with Gasteiger partial charge in [0.15, 0.2) is 14.4 Å². The minimum atomic E-state index is -2.40. The van der Waals surface area contributed by atoms with Gasteiger partial charge in [-0.2, -0.15) is 0 Å². The van der Waals surface area contributed by atoms with Gasteiger partial charge in [-0.3, -0.25) is 0 Å². The molecule has 0 fully saturated rings. The Labute approximate surface area is 186 Å². The number of nitrogens with one attached hydrogen (secondary N) is 1. The molecule has 0 saturated carbocycles. The number of aliphatic carboxylic acids is 1. The second-order valence-corrected chi connectivity index (χ2v) is 15.1. The lowest BCUT2D eigenvalue weighted by molar-refractivity contribution is -0.142. The van der Waals surface area contributed by atoms with Gasteiger partial charge in [0.1, 0.15) is 11.7 Å². The molecule has 0 heterocycles. The van der Waals surface area contributed by atoms with Gasteiger partial charge in [-0.15, -0.1) is 0 Å². The van der Waals surface area contributed by atoms with E-state index in [0.29, 0.717) is 0 Å². The molecule has 0 aliphatic rings. The van der Waals surface area contributed by atoms with E-state index in [1.165, 1.54) is 0 Å². The van der Waals surface area contributed by atoms with Crippen LogP contribution in [0.2, 0.25) is 18.1 Å². The number of carboxylic acid groups (broad SMARTS) is 1. The molecular weight excluding hydrogens is 410 g/mol. The molecule has 0 unspecified atom stereocenters. The maximum absolute atomic E-state index is 12.5. The molecule has 0 aromatic heterocycles. The van der Waals surface area contributed by atoms with E-state index in [1.807, 2.05) is 42.5 Å². The topological polar surface area (TPSA) is 84.9 Å². The first-order valence-electron chi connectivity index (χ1n) is 10.5. The zero-order valence-corrected chi connectivity index (χ0v) is 20.8.